The summed E-state index contributed by atoms with van der Waals surface area (Å²) in [4.78, 5) is 28.6. The van der Waals surface area contributed by atoms with Crippen LogP contribution in [0.5, 0.6) is 0 Å². The number of carbonyl (C=O) groups excluding carboxylic acids is 2. The minimum atomic E-state index is -0.469. The van der Waals surface area contributed by atoms with Gasteiger partial charge in [-0.25, -0.2) is 4.79 Å². The minimum absolute atomic E-state index is 0.0789. The van der Waals surface area contributed by atoms with Gasteiger partial charge in [0, 0.05) is 19.3 Å². The van der Waals surface area contributed by atoms with E-state index in [0.717, 1.165) is 23.2 Å². The molecule has 0 aliphatic carbocycles. The number of amides is 2. The van der Waals surface area contributed by atoms with Gasteiger partial charge in [-0.2, -0.15) is 0 Å². The van der Waals surface area contributed by atoms with Crippen LogP contribution in [0.1, 0.15) is 24.0 Å². The Morgan fingerprint density at radius 2 is 1.92 bits per heavy atom. The molecule has 2 aromatic rings. The lowest BCUT2D eigenvalue weighted by molar-refractivity contribution is -0.122. The van der Waals surface area contributed by atoms with Crippen molar-refractivity contribution < 1.29 is 14.3 Å². The van der Waals surface area contributed by atoms with Gasteiger partial charge in [0.15, 0.2) is 0 Å². The predicted octanol–water partition coefficient (Wildman–Crippen LogP) is 3.76. The van der Waals surface area contributed by atoms with E-state index in [1.807, 2.05) is 61.5 Å². The lowest BCUT2D eigenvalue weighted by Gasteiger charge is -2.27. The summed E-state index contributed by atoms with van der Waals surface area (Å²) in [5, 5.41) is 0. The third-order valence-electron chi connectivity index (χ3n) is 4.70. The highest BCUT2D eigenvalue weighted by molar-refractivity contribution is 5.98. The average molecular weight is 352 g/mol. The van der Waals surface area contributed by atoms with Gasteiger partial charge in [0.2, 0.25) is 5.91 Å². The van der Waals surface area contributed by atoms with Crippen molar-refractivity contribution >= 4 is 17.7 Å². The Morgan fingerprint density at radius 1 is 1.15 bits per heavy atom. The number of nitrogens with zero attached hydrogens (tertiary/aromatic N) is 2. The number of likely N-dealkylation sites (N-methyl/N-ethyl adjacent to an activating group) is 1. The summed E-state index contributed by atoms with van der Waals surface area (Å²) < 4.78 is 5.41. The van der Waals surface area contributed by atoms with Crippen LogP contribution in [-0.2, 0) is 16.1 Å². The lowest BCUT2D eigenvalue weighted by atomic mass is 10.1. The maximum atomic E-state index is 12.9. The fourth-order valence-electron chi connectivity index (χ4n) is 3.23. The summed E-state index contributed by atoms with van der Waals surface area (Å²) in [6.45, 7) is 2.75. The molecule has 0 saturated carbocycles. The third kappa shape index (κ3) is 4.04. The lowest BCUT2D eigenvalue weighted by Crippen LogP contribution is -2.46. The number of anilines is 1. The van der Waals surface area contributed by atoms with Crippen LogP contribution in [0.4, 0.5) is 10.5 Å². The van der Waals surface area contributed by atoms with Gasteiger partial charge in [-0.05, 0) is 43.0 Å². The highest BCUT2D eigenvalue weighted by Gasteiger charge is 2.37. The van der Waals surface area contributed by atoms with Crippen molar-refractivity contribution in [3.05, 3.63) is 65.7 Å². The van der Waals surface area contributed by atoms with E-state index < -0.39 is 12.1 Å². The van der Waals surface area contributed by atoms with Gasteiger partial charge in [-0.15, -0.1) is 0 Å². The van der Waals surface area contributed by atoms with Gasteiger partial charge in [-0.1, -0.05) is 42.5 Å². The molecular weight excluding hydrogens is 328 g/mol. The zero-order valence-corrected chi connectivity index (χ0v) is 15.2. The molecule has 1 atom stereocenters. The van der Waals surface area contributed by atoms with Crippen molar-refractivity contribution in [3.63, 3.8) is 0 Å². The molecule has 2 aromatic carbocycles. The summed E-state index contributed by atoms with van der Waals surface area (Å²) in [7, 11) is 1.75. The van der Waals surface area contributed by atoms with E-state index in [0.29, 0.717) is 13.0 Å². The zero-order valence-electron chi connectivity index (χ0n) is 15.2. The van der Waals surface area contributed by atoms with Gasteiger partial charge in [-0.3, -0.25) is 9.69 Å². The monoisotopic (exact) mass is 352 g/mol. The van der Waals surface area contributed by atoms with E-state index in [2.05, 4.69) is 0 Å². The molecule has 2 amide bonds. The van der Waals surface area contributed by atoms with Crippen molar-refractivity contribution in [1.29, 1.82) is 0 Å². The van der Waals surface area contributed by atoms with E-state index in [1.165, 1.54) is 0 Å². The molecule has 1 aliphatic rings. The Balaban J connectivity index is 1.65. The molecule has 5 heteroatoms. The first-order valence-corrected chi connectivity index (χ1v) is 8.88. The quantitative estimate of drug-likeness (QED) is 0.842. The van der Waals surface area contributed by atoms with E-state index in [4.69, 9.17) is 4.74 Å². The summed E-state index contributed by atoms with van der Waals surface area (Å²) in [5.74, 6) is -0.0789. The van der Waals surface area contributed by atoms with Crippen molar-refractivity contribution in [3.8, 4) is 0 Å². The van der Waals surface area contributed by atoms with Crippen LogP contribution in [0.15, 0.2) is 54.6 Å². The van der Waals surface area contributed by atoms with Crippen LogP contribution in [0.3, 0.4) is 0 Å². The molecule has 1 heterocycles. The largest absolute Gasteiger partial charge is 0.445 e. The van der Waals surface area contributed by atoms with Crippen molar-refractivity contribution in [2.75, 3.05) is 18.5 Å². The Labute approximate surface area is 154 Å². The van der Waals surface area contributed by atoms with E-state index in [1.54, 1.807) is 16.8 Å². The minimum Gasteiger partial charge on any atom is -0.445 e. The molecule has 0 spiro atoms. The smallest absolute Gasteiger partial charge is 0.410 e. The molecule has 1 saturated heterocycles. The number of hydrogen-bond donors (Lipinski definition) is 0. The SMILES string of the molecule is Cc1cccc(N(C)C(=O)C2CCCN2C(=O)OCc2ccccc2)c1. The number of hydrogen-bond acceptors (Lipinski definition) is 3. The zero-order chi connectivity index (χ0) is 18.5. The van der Waals surface area contributed by atoms with Crippen molar-refractivity contribution in [2.24, 2.45) is 0 Å². The molecule has 136 valence electrons. The maximum Gasteiger partial charge on any atom is 0.410 e. The topological polar surface area (TPSA) is 49.9 Å². The highest BCUT2D eigenvalue weighted by Crippen LogP contribution is 2.23. The molecule has 0 aromatic heterocycles. The number of benzene rings is 2. The predicted molar refractivity (Wildman–Crippen MR) is 101 cm³/mol. The molecule has 1 unspecified atom stereocenters. The van der Waals surface area contributed by atoms with Gasteiger partial charge >= 0.3 is 6.09 Å². The fraction of sp³-hybridized carbons (Fsp3) is 0.333. The normalized spacial score (nSPS) is 16.4. The molecule has 26 heavy (non-hydrogen) atoms. The maximum absolute atomic E-state index is 12.9. The van der Waals surface area contributed by atoms with Crippen LogP contribution >= 0.6 is 0 Å². The highest BCUT2D eigenvalue weighted by atomic mass is 16.6. The van der Waals surface area contributed by atoms with E-state index >= 15 is 0 Å². The van der Waals surface area contributed by atoms with Gasteiger partial charge in [0.25, 0.3) is 0 Å². The van der Waals surface area contributed by atoms with Crippen LogP contribution in [0.2, 0.25) is 0 Å². The molecule has 0 bridgehead atoms. The molecule has 3 rings (SSSR count). The van der Waals surface area contributed by atoms with Crippen LogP contribution in [-0.4, -0.2) is 36.5 Å². The Hall–Kier alpha value is -2.82. The fourth-order valence-corrected chi connectivity index (χ4v) is 3.23. The van der Waals surface area contributed by atoms with Gasteiger partial charge in [0.1, 0.15) is 12.6 Å². The number of carbonyl (C=O) groups is 2. The third-order valence-corrected chi connectivity index (χ3v) is 4.70. The number of ether oxygens (including phenoxy) is 1. The summed E-state index contributed by atoms with van der Waals surface area (Å²) in [5.41, 5.74) is 2.85. The Bertz CT molecular complexity index is 776. The molecule has 0 radical (unpaired) electrons. The van der Waals surface area contributed by atoms with Crippen LogP contribution < -0.4 is 4.90 Å². The van der Waals surface area contributed by atoms with Crippen LogP contribution in [0.25, 0.3) is 0 Å². The second-order valence-corrected chi connectivity index (χ2v) is 6.63. The molecule has 0 N–H and O–H groups in total. The molecule has 5 nitrogen and oxygen atoms in total. The summed E-state index contributed by atoms with van der Waals surface area (Å²) in [6.07, 6.45) is 1.04. The average Bonchev–Trinajstić information content (AvgIpc) is 3.15. The van der Waals surface area contributed by atoms with Crippen molar-refractivity contribution in [2.45, 2.75) is 32.4 Å². The summed E-state index contributed by atoms with van der Waals surface area (Å²) in [6, 6.07) is 16.9. The molecule has 1 aliphatic heterocycles. The van der Waals surface area contributed by atoms with Gasteiger partial charge < -0.3 is 9.64 Å². The second kappa shape index (κ2) is 8.04. The molecular formula is C21H24N2O3. The standard InChI is InChI=1S/C21H24N2O3/c1-16-8-6-11-18(14-16)22(2)20(24)19-12-7-13-23(19)21(25)26-15-17-9-4-3-5-10-17/h3-6,8-11,14,19H,7,12-13,15H2,1-2H3. The number of rotatable bonds is 4. The van der Waals surface area contributed by atoms with Crippen LogP contribution in [0, 0.1) is 6.92 Å². The summed E-state index contributed by atoms with van der Waals surface area (Å²) >= 11 is 0. The first kappa shape index (κ1) is 18.0. The number of aryl methyl sites for hydroxylation is 1. The van der Waals surface area contributed by atoms with Crippen molar-refractivity contribution in [1.82, 2.24) is 4.90 Å². The van der Waals surface area contributed by atoms with E-state index in [9.17, 15) is 9.59 Å². The number of likely N-dealkylation sites (tertiary alicyclic amines) is 1. The second-order valence-electron chi connectivity index (χ2n) is 6.63. The molecule has 1 fully saturated rings. The Morgan fingerprint density at radius 3 is 2.65 bits per heavy atom. The first-order chi connectivity index (χ1) is 12.6. The van der Waals surface area contributed by atoms with Gasteiger partial charge in [0.05, 0.1) is 0 Å². The first-order valence-electron chi connectivity index (χ1n) is 8.88. The Kier molecular flexibility index (Phi) is 5.56. The van der Waals surface area contributed by atoms with E-state index in [-0.39, 0.29) is 12.5 Å².